The van der Waals surface area contributed by atoms with Crippen molar-refractivity contribution in [1.29, 1.82) is 0 Å². The zero-order chi connectivity index (χ0) is 16.8. The van der Waals surface area contributed by atoms with Crippen molar-refractivity contribution in [1.82, 2.24) is 0 Å². The Morgan fingerprint density at radius 3 is 1.52 bits per heavy atom. The molecule has 0 amide bonds. The van der Waals surface area contributed by atoms with Crippen LogP contribution in [0.25, 0.3) is 21.5 Å². The van der Waals surface area contributed by atoms with E-state index in [-0.39, 0.29) is 0 Å². The molecule has 120 valence electrons. The summed E-state index contributed by atoms with van der Waals surface area (Å²) in [6.07, 6.45) is 1.14. The van der Waals surface area contributed by atoms with Gasteiger partial charge in [-0.3, -0.25) is 0 Å². The highest BCUT2D eigenvalue weighted by Gasteiger charge is 2.37. The maximum absolute atomic E-state index is 4.24. The molecule has 0 nitrogen and oxygen atoms in total. The lowest BCUT2D eigenvalue weighted by Gasteiger charge is -2.19. The number of rotatable bonds is 3. The molecule has 0 heteroatoms. The van der Waals surface area contributed by atoms with Gasteiger partial charge >= 0.3 is 0 Å². The molecule has 0 bridgehead atoms. The Kier molecular flexibility index (Phi) is 3.24. The summed E-state index contributed by atoms with van der Waals surface area (Å²) in [5, 5.41) is 5.24. The summed E-state index contributed by atoms with van der Waals surface area (Å²) in [4.78, 5) is 0. The first-order valence-electron chi connectivity index (χ1n) is 8.95. The van der Waals surface area contributed by atoms with Crippen LogP contribution in [0.4, 0.5) is 0 Å². The summed E-state index contributed by atoms with van der Waals surface area (Å²) in [7, 11) is 0. The molecule has 1 unspecified atom stereocenters. The van der Waals surface area contributed by atoms with Gasteiger partial charge in [-0.25, -0.2) is 0 Å². The first-order chi connectivity index (χ1) is 12.3. The zero-order valence-electron chi connectivity index (χ0n) is 14.2. The van der Waals surface area contributed by atoms with E-state index < -0.39 is 0 Å². The van der Waals surface area contributed by atoms with Crippen LogP contribution in [0.3, 0.4) is 0 Å². The van der Waals surface area contributed by atoms with E-state index in [1.165, 1.54) is 38.2 Å². The van der Waals surface area contributed by atoms with Gasteiger partial charge in [0, 0.05) is 5.92 Å². The second kappa shape index (κ2) is 5.60. The second-order valence-corrected chi connectivity index (χ2v) is 7.16. The van der Waals surface area contributed by atoms with Crippen molar-refractivity contribution >= 4 is 21.5 Å². The van der Waals surface area contributed by atoms with Crippen LogP contribution in [0, 0.1) is 5.92 Å². The summed E-state index contributed by atoms with van der Waals surface area (Å²) < 4.78 is 0. The maximum atomic E-state index is 4.24. The summed E-state index contributed by atoms with van der Waals surface area (Å²) in [6.45, 7) is 4.24. The molecule has 1 atom stereocenters. The monoisotopic (exact) mass is 320 g/mol. The average molecular weight is 320 g/mol. The van der Waals surface area contributed by atoms with Crippen LogP contribution in [0.15, 0.2) is 97.1 Å². The predicted octanol–water partition coefficient (Wildman–Crippen LogP) is 6.70. The van der Waals surface area contributed by atoms with Crippen molar-refractivity contribution in [2.45, 2.75) is 12.3 Å². The lowest BCUT2D eigenvalue weighted by Crippen LogP contribution is -2.04. The van der Waals surface area contributed by atoms with Crippen molar-refractivity contribution in [2.24, 2.45) is 5.92 Å². The van der Waals surface area contributed by atoms with Crippen molar-refractivity contribution in [3.05, 3.63) is 108 Å². The highest BCUT2D eigenvalue weighted by atomic mass is 14.4. The molecule has 0 saturated heterocycles. The molecule has 1 aliphatic carbocycles. The molecule has 0 N–H and O–H groups in total. The molecule has 5 rings (SSSR count). The Morgan fingerprint density at radius 2 is 1.08 bits per heavy atom. The highest BCUT2D eigenvalue weighted by Crippen LogP contribution is 2.50. The normalized spacial score (nSPS) is 16.7. The Bertz CT molecular complexity index is 1020. The Labute approximate surface area is 148 Å². The van der Waals surface area contributed by atoms with Gasteiger partial charge in [0.1, 0.15) is 0 Å². The summed E-state index contributed by atoms with van der Waals surface area (Å²) in [6, 6.07) is 31.0. The van der Waals surface area contributed by atoms with E-state index in [2.05, 4.69) is 91.5 Å². The van der Waals surface area contributed by atoms with E-state index in [9.17, 15) is 0 Å². The van der Waals surface area contributed by atoms with Gasteiger partial charge in [0.2, 0.25) is 0 Å². The predicted molar refractivity (Wildman–Crippen MR) is 107 cm³/mol. The first-order valence-corrected chi connectivity index (χ1v) is 8.95. The quantitative estimate of drug-likeness (QED) is 0.368. The fourth-order valence-corrected chi connectivity index (χ4v) is 4.04. The van der Waals surface area contributed by atoms with Crippen LogP contribution in [-0.2, 0) is 0 Å². The lowest BCUT2D eigenvalue weighted by molar-refractivity contribution is 0.728. The smallest absolute Gasteiger partial charge is 0.0158 e. The third-order valence-corrected chi connectivity index (χ3v) is 5.51. The maximum Gasteiger partial charge on any atom is 0.0158 e. The Morgan fingerprint density at radius 1 is 0.640 bits per heavy atom. The molecule has 1 aliphatic rings. The molecule has 0 spiro atoms. The van der Waals surface area contributed by atoms with E-state index >= 15 is 0 Å². The van der Waals surface area contributed by atoms with E-state index in [1.54, 1.807) is 0 Å². The molecule has 1 fully saturated rings. The third kappa shape index (κ3) is 2.55. The second-order valence-electron chi connectivity index (χ2n) is 7.16. The fraction of sp³-hybridized carbons (Fsp3) is 0.120. The minimum absolute atomic E-state index is 0.404. The van der Waals surface area contributed by atoms with Gasteiger partial charge < -0.3 is 0 Å². The topological polar surface area (TPSA) is 0 Å². The number of fused-ring (bicyclic) bond motifs is 2. The van der Waals surface area contributed by atoms with Crippen molar-refractivity contribution in [2.75, 3.05) is 0 Å². The van der Waals surface area contributed by atoms with Gasteiger partial charge in [-0.15, -0.1) is 0 Å². The molecule has 4 aromatic carbocycles. The van der Waals surface area contributed by atoms with Gasteiger partial charge in [0.15, 0.2) is 0 Å². The van der Waals surface area contributed by atoms with Gasteiger partial charge in [0.25, 0.3) is 0 Å². The third-order valence-electron chi connectivity index (χ3n) is 5.51. The fourth-order valence-electron chi connectivity index (χ4n) is 4.04. The van der Waals surface area contributed by atoms with E-state index in [4.69, 9.17) is 0 Å². The van der Waals surface area contributed by atoms with Crippen LogP contribution in [0.2, 0.25) is 0 Å². The van der Waals surface area contributed by atoms with Gasteiger partial charge in [-0.1, -0.05) is 97.1 Å². The Hall–Kier alpha value is -2.86. The molecule has 1 saturated carbocycles. The van der Waals surface area contributed by atoms with E-state index in [1.807, 2.05) is 0 Å². The van der Waals surface area contributed by atoms with E-state index in [0.29, 0.717) is 11.8 Å². The summed E-state index contributed by atoms with van der Waals surface area (Å²) >= 11 is 0. The molecule has 0 aliphatic heterocycles. The highest BCUT2D eigenvalue weighted by molar-refractivity contribution is 5.85. The van der Waals surface area contributed by atoms with Gasteiger partial charge in [-0.05, 0) is 45.0 Å². The molecule has 0 heterocycles. The summed E-state index contributed by atoms with van der Waals surface area (Å²) in [5.74, 6) is 0.976. The molecule has 0 radical (unpaired) electrons. The van der Waals surface area contributed by atoms with Crippen molar-refractivity contribution < 1.29 is 0 Å². The minimum atomic E-state index is 0.404. The largest absolute Gasteiger partial charge is 0.0995 e. The molecular weight excluding hydrogens is 300 g/mol. The van der Waals surface area contributed by atoms with Crippen molar-refractivity contribution in [3.63, 3.8) is 0 Å². The van der Waals surface area contributed by atoms with Crippen LogP contribution in [0.5, 0.6) is 0 Å². The van der Waals surface area contributed by atoms with E-state index in [0.717, 1.165) is 6.42 Å². The zero-order valence-corrected chi connectivity index (χ0v) is 14.2. The molecule has 0 aromatic heterocycles. The SMILES string of the molecule is C=C1CC1C(c1ccc2ccccc2c1)c1ccc2ccccc2c1. The van der Waals surface area contributed by atoms with Crippen LogP contribution >= 0.6 is 0 Å². The first kappa shape index (κ1) is 14.5. The average Bonchev–Trinajstić information content (AvgIpc) is 3.37. The standard InChI is InChI=1S/C25H20/c1-17-14-24(17)25(22-12-10-18-6-2-4-8-20(18)15-22)23-13-11-19-7-3-5-9-21(19)16-23/h2-13,15-16,24-25H,1,14H2. The van der Waals surface area contributed by atoms with Crippen LogP contribution in [-0.4, -0.2) is 0 Å². The molecule has 4 aromatic rings. The Balaban J connectivity index is 1.66. The van der Waals surface area contributed by atoms with Crippen LogP contribution in [0.1, 0.15) is 23.5 Å². The van der Waals surface area contributed by atoms with Gasteiger partial charge in [-0.2, -0.15) is 0 Å². The van der Waals surface area contributed by atoms with Gasteiger partial charge in [0.05, 0.1) is 0 Å². The number of benzene rings is 4. The molecular formula is C25H20. The van der Waals surface area contributed by atoms with Crippen LogP contribution < -0.4 is 0 Å². The minimum Gasteiger partial charge on any atom is -0.0995 e. The number of hydrogen-bond acceptors (Lipinski definition) is 0. The summed E-state index contributed by atoms with van der Waals surface area (Å²) in [5.41, 5.74) is 4.18. The number of hydrogen-bond donors (Lipinski definition) is 0. The molecule has 25 heavy (non-hydrogen) atoms. The lowest BCUT2D eigenvalue weighted by atomic mass is 9.85. The number of allylic oxidation sites excluding steroid dienone is 1. The van der Waals surface area contributed by atoms with Crippen molar-refractivity contribution in [3.8, 4) is 0 Å².